The summed E-state index contributed by atoms with van der Waals surface area (Å²) in [7, 11) is -1.03. The summed E-state index contributed by atoms with van der Waals surface area (Å²) in [6.07, 6.45) is 5.71. The van der Waals surface area contributed by atoms with Gasteiger partial charge in [-0.25, -0.2) is 9.97 Å². The summed E-state index contributed by atoms with van der Waals surface area (Å²) in [5, 5.41) is 17.0. The van der Waals surface area contributed by atoms with Gasteiger partial charge in [0.25, 0.3) is 0 Å². The number of hydrogen-bond acceptors (Lipinski definition) is 6. The highest BCUT2D eigenvalue weighted by molar-refractivity contribution is 6.61. The van der Waals surface area contributed by atoms with Crippen LogP contribution in [0.4, 0.5) is 5.95 Å². The van der Waals surface area contributed by atoms with Crippen molar-refractivity contribution in [2.75, 3.05) is 24.6 Å². The van der Waals surface area contributed by atoms with Gasteiger partial charge >= 0.3 is 0 Å². The van der Waals surface area contributed by atoms with Crippen molar-refractivity contribution in [2.45, 2.75) is 37.5 Å². The lowest BCUT2D eigenvalue weighted by Gasteiger charge is -2.40. The first-order valence-corrected chi connectivity index (χ1v) is 12.7. The van der Waals surface area contributed by atoms with Crippen LogP contribution in [0.1, 0.15) is 25.5 Å². The molecule has 163 valence electrons. The average Bonchev–Trinajstić information content (AvgIpc) is 3.35. The molecule has 0 saturated carbocycles. The smallest absolute Gasteiger partial charge is 0.211 e. The predicted molar refractivity (Wildman–Crippen MR) is 124 cm³/mol. The van der Waals surface area contributed by atoms with Crippen LogP contribution >= 0.6 is 23.2 Å². The van der Waals surface area contributed by atoms with Crippen LogP contribution in [0.15, 0.2) is 24.5 Å². The second-order valence-corrected chi connectivity index (χ2v) is 12.0. The molecule has 1 aromatic carbocycles. The number of nitrogens with zero attached hydrogens (tertiary/aromatic N) is 4. The Bertz CT molecular complexity index is 1160. The van der Waals surface area contributed by atoms with Crippen LogP contribution in [0.3, 0.4) is 0 Å². The minimum absolute atomic E-state index is 0.0507. The number of imidazole rings is 1. The van der Waals surface area contributed by atoms with E-state index in [2.05, 4.69) is 16.8 Å². The van der Waals surface area contributed by atoms with Crippen LogP contribution in [-0.4, -0.2) is 53.9 Å². The van der Waals surface area contributed by atoms with Gasteiger partial charge in [0.15, 0.2) is 8.96 Å². The molecule has 2 aliphatic rings. The van der Waals surface area contributed by atoms with E-state index in [0.29, 0.717) is 5.56 Å². The number of halogens is 2. The first kappa shape index (κ1) is 21.0. The number of anilines is 1. The van der Waals surface area contributed by atoms with Crippen LogP contribution < -0.4 is 10.3 Å². The zero-order valence-electron chi connectivity index (χ0n) is 17.4. The maximum atomic E-state index is 9.88. The van der Waals surface area contributed by atoms with Gasteiger partial charge in [-0.15, -0.1) is 0 Å². The van der Waals surface area contributed by atoms with E-state index in [1.807, 2.05) is 17.5 Å². The van der Waals surface area contributed by atoms with Gasteiger partial charge in [0.1, 0.15) is 16.4 Å². The van der Waals surface area contributed by atoms with Gasteiger partial charge < -0.3 is 20.1 Å². The van der Waals surface area contributed by atoms with E-state index in [-0.39, 0.29) is 26.6 Å². The maximum absolute atomic E-state index is 9.88. The fourth-order valence-corrected chi connectivity index (χ4v) is 7.39. The minimum Gasteiger partial charge on any atom is -0.506 e. The van der Waals surface area contributed by atoms with Gasteiger partial charge in [-0.1, -0.05) is 23.2 Å². The molecule has 3 aromatic rings. The molecule has 0 bridgehead atoms. The molecule has 7 nitrogen and oxygen atoms in total. The van der Waals surface area contributed by atoms with Gasteiger partial charge in [0.2, 0.25) is 5.95 Å². The van der Waals surface area contributed by atoms with Crippen molar-refractivity contribution in [3.63, 3.8) is 0 Å². The van der Waals surface area contributed by atoms with Gasteiger partial charge in [-0.3, -0.25) is 4.40 Å². The van der Waals surface area contributed by atoms with Crippen molar-refractivity contribution in [3.8, 4) is 16.9 Å². The third-order valence-electron chi connectivity index (χ3n) is 6.70. The van der Waals surface area contributed by atoms with Gasteiger partial charge in [0.05, 0.1) is 23.1 Å². The van der Waals surface area contributed by atoms with Crippen LogP contribution in [0.2, 0.25) is 15.1 Å². The Balaban J connectivity index is 1.53. The Kier molecular flexibility index (Phi) is 5.18. The molecular weight excluding hydrogens is 453 g/mol. The second kappa shape index (κ2) is 7.63. The molecule has 4 heterocycles. The number of benzene rings is 1. The van der Waals surface area contributed by atoms with Crippen LogP contribution in [0.25, 0.3) is 16.8 Å². The summed E-state index contributed by atoms with van der Waals surface area (Å²) in [6, 6.07) is 3.29. The summed E-state index contributed by atoms with van der Waals surface area (Å²) in [6.45, 7) is 6.59. The summed E-state index contributed by atoms with van der Waals surface area (Å²) in [5.41, 5.74) is 3.27. The second-order valence-electron chi connectivity index (χ2n) is 8.43. The minimum atomic E-state index is -1.03. The Morgan fingerprint density at radius 2 is 2.00 bits per heavy atom. The third-order valence-corrected chi connectivity index (χ3v) is 10.5. The number of aromatic hydroxyl groups is 1. The molecule has 0 unspecified atom stereocenters. The van der Waals surface area contributed by atoms with E-state index in [0.717, 1.165) is 55.4 Å². The Hall–Kier alpha value is -1.84. The fourth-order valence-electron chi connectivity index (χ4n) is 4.80. The van der Waals surface area contributed by atoms with Gasteiger partial charge in [0, 0.05) is 41.6 Å². The van der Waals surface area contributed by atoms with Crippen molar-refractivity contribution in [3.05, 3.63) is 40.3 Å². The average molecular weight is 477 g/mol. The van der Waals surface area contributed by atoms with Crippen molar-refractivity contribution in [2.24, 2.45) is 5.40 Å². The SMILES string of the molecule is Cc1nc(N2CCC3(CC2)CO[C@@H](C)[Si]3N)n2ccnc2c1-c1ccc(O)c(Cl)c1Cl. The molecule has 1 spiro atoms. The molecular formula is C21H24Cl2N5O2Si. The molecule has 31 heavy (non-hydrogen) atoms. The Labute approximate surface area is 192 Å². The Morgan fingerprint density at radius 3 is 2.68 bits per heavy atom. The van der Waals surface area contributed by atoms with Crippen molar-refractivity contribution in [1.82, 2.24) is 14.4 Å². The lowest BCUT2D eigenvalue weighted by Crippen LogP contribution is -2.50. The molecule has 2 aliphatic heterocycles. The molecule has 2 fully saturated rings. The monoisotopic (exact) mass is 476 g/mol. The lowest BCUT2D eigenvalue weighted by atomic mass is 9.96. The molecule has 1 atom stereocenters. The van der Waals surface area contributed by atoms with Gasteiger partial charge in [-0.2, -0.15) is 0 Å². The number of phenolic OH excluding ortho intramolecular Hbond substituents is 1. The quantitative estimate of drug-likeness (QED) is 0.543. The predicted octanol–water partition coefficient (Wildman–Crippen LogP) is 3.97. The molecule has 5 rings (SSSR count). The standard InChI is InChI=1S/C21H24Cl2N5O2Si/c1-12-16(14-3-4-15(29)18(23)17(14)22)19-25-7-10-28(19)20(26-12)27-8-5-21(6-9-27)11-30-13(2)31(21)24/h3-4,7,10,13,29H,5-6,8-9,11,24H2,1-2H3/t13-/m1/s1. The van der Waals surface area contributed by atoms with E-state index < -0.39 is 8.96 Å². The maximum Gasteiger partial charge on any atom is 0.211 e. The number of hydrogen-bond donors (Lipinski definition) is 2. The van der Waals surface area contributed by atoms with E-state index in [9.17, 15) is 5.11 Å². The Morgan fingerprint density at radius 1 is 1.26 bits per heavy atom. The van der Waals surface area contributed by atoms with E-state index in [4.69, 9.17) is 38.3 Å². The lowest BCUT2D eigenvalue weighted by molar-refractivity contribution is 0.117. The summed E-state index contributed by atoms with van der Waals surface area (Å²) in [5.74, 6) is 0.813. The molecule has 1 radical (unpaired) electrons. The summed E-state index contributed by atoms with van der Waals surface area (Å²) < 4.78 is 7.90. The molecule has 0 aliphatic carbocycles. The molecule has 10 heteroatoms. The van der Waals surface area contributed by atoms with E-state index >= 15 is 0 Å². The number of aromatic nitrogens is 3. The summed E-state index contributed by atoms with van der Waals surface area (Å²) in [4.78, 5) is 11.8. The van der Waals surface area contributed by atoms with Crippen LogP contribution in [0, 0.1) is 6.92 Å². The number of piperidine rings is 1. The van der Waals surface area contributed by atoms with E-state index in [1.54, 1.807) is 12.3 Å². The number of fused-ring (bicyclic) bond motifs is 1. The zero-order valence-corrected chi connectivity index (χ0v) is 19.9. The normalized spacial score (nSPS) is 21.5. The molecule has 3 N–H and O–H groups in total. The third kappa shape index (κ3) is 3.24. The summed E-state index contributed by atoms with van der Waals surface area (Å²) >= 11 is 12.7. The molecule has 2 aromatic heterocycles. The molecule has 0 amide bonds. The van der Waals surface area contributed by atoms with E-state index in [1.165, 1.54) is 6.07 Å². The topological polar surface area (TPSA) is 88.9 Å². The zero-order chi connectivity index (χ0) is 21.9. The van der Waals surface area contributed by atoms with Crippen molar-refractivity contribution in [1.29, 1.82) is 0 Å². The van der Waals surface area contributed by atoms with Crippen molar-refractivity contribution >= 4 is 43.8 Å². The highest BCUT2D eigenvalue weighted by Gasteiger charge is 2.49. The highest BCUT2D eigenvalue weighted by atomic mass is 35.5. The molecule has 2 saturated heterocycles. The van der Waals surface area contributed by atoms with Crippen LogP contribution in [0.5, 0.6) is 5.75 Å². The van der Waals surface area contributed by atoms with Crippen molar-refractivity contribution < 1.29 is 9.84 Å². The number of aryl methyl sites for hydroxylation is 1. The first-order chi connectivity index (χ1) is 14.8. The fraction of sp³-hybridized carbons (Fsp3) is 0.429. The number of ether oxygens (including phenoxy) is 1. The van der Waals surface area contributed by atoms with Gasteiger partial charge in [-0.05, 0) is 38.8 Å². The number of nitrogens with two attached hydrogens (primary N) is 1. The van der Waals surface area contributed by atoms with Crippen LogP contribution in [-0.2, 0) is 4.74 Å². The number of phenols is 1. The largest absolute Gasteiger partial charge is 0.506 e. The first-order valence-electron chi connectivity index (χ1n) is 10.3. The highest BCUT2D eigenvalue weighted by Crippen LogP contribution is 2.47. The number of rotatable bonds is 2.